The third-order valence-electron chi connectivity index (χ3n) is 3.24. The van der Waals surface area contributed by atoms with Gasteiger partial charge in [-0.3, -0.25) is 14.9 Å². The SMILES string of the molecule is COc1ccc(C(=O)NCc2nc(-c3ccncc3)n[nH]2)cc1. The highest BCUT2D eigenvalue weighted by molar-refractivity contribution is 5.94. The molecule has 0 atom stereocenters. The monoisotopic (exact) mass is 309 g/mol. The molecule has 0 radical (unpaired) electrons. The number of hydrogen-bond donors (Lipinski definition) is 2. The maximum Gasteiger partial charge on any atom is 0.251 e. The molecule has 0 spiro atoms. The van der Waals surface area contributed by atoms with Gasteiger partial charge in [0.2, 0.25) is 0 Å². The molecule has 0 aliphatic rings. The van der Waals surface area contributed by atoms with Gasteiger partial charge in [-0.2, -0.15) is 5.10 Å². The van der Waals surface area contributed by atoms with Gasteiger partial charge >= 0.3 is 0 Å². The number of methoxy groups -OCH3 is 1. The van der Waals surface area contributed by atoms with Crippen LogP contribution in [0.3, 0.4) is 0 Å². The smallest absolute Gasteiger partial charge is 0.251 e. The summed E-state index contributed by atoms with van der Waals surface area (Å²) in [6.07, 6.45) is 3.35. The van der Waals surface area contributed by atoms with Crippen LogP contribution in [0.2, 0.25) is 0 Å². The van der Waals surface area contributed by atoms with Crippen LogP contribution in [0.15, 0.2) is 48.8 Å². The average Bonchev–Trinajstić information content (AvgIpc) is 3.09. The Bertz CT molecular complexity index is 784. The number of carbonyl (C=O) groups excluding carboxylic acids is 1. The summed E-state index contributed by atoms with van der Waals surface area (Å²) < 4.78 is 5.06. The van der Waals surface area contributed by atoms with Crippen LogP contribution < -0.4 is 10.1 Å². The second kappa shape index (κ2) is 6.69. The van der Waals surface area contributed by atoms with Gasteiger partial charge in [0.15, 0.2) is 5.82 Å². The van der Waals surface area contributed by atoms with Gasteiger partial charge in [0.1, 0.15) is 11.6 Å². The van der Waals surface area contributed by atoms with E-state index in [9.17, 15) is 4.79 Å². The number of H-pyrrole nitrogens is 1. The van der Waals surface area contributed by atoms with E-state index in [1.165, 1.54) is 0 Å². The Balaban J connectivity index is 1.62. The summed E-state index contributed by atoms with van der Waals surface area (Å²) in [6, 6.07) is 10.5. The van der Waals surface area contributed by atoms with E-state index in [0.717, 1.165) is 5.56 Å². The first-order valence-corrected chi connectivity index (χ1v) is 7.00. The Hall–Kier alpha value is -3.22. The second-order valence-corrected chi connectivity index (χ2v) is 4.75. The Morgan fingerprint density at radius 1 is 1.17 bits per heavy atom. The minimum Gasteiger partial charge on any atom is -0.497 e. The summed E-state index contributed by atoms with van der Waals surface area (Å²) in [5.74, 6) is 1.67. The Kier molecular flexibility index (Phi) is 4.28. The molecule has 1 aromatic carbocycles. The van der Waals surface area contributed by atoms with Crippen molar-refractivity contribution in [3.63, 3.8) is 0 Å². The fourth-order valence-electron chi connectivity index (χ4n) is 2.01. The maximum absolute atomic E-state index is 12.1. The molecule has 0 unspecified atom stereocenters. The summed E-state index contributed by atoms with van der Waals surface area (Å²) in [5, 5.41) is 9.73. The van der Waals surface area contributed by atoms with Crippen molar-refractivity contribution in [3.8, 4) is 17.1 Å². The highest BCUT2D eigenvalue weighted by atomic mass is 16.5. The number of amides is 1. The van der Waals surface area contributed by atoms with Crippen molar-refractivity contribution in [2.45, 2.75) is 6.54 Å². The third-order valence-corrected chi connectivity index (χ3v) is 3.24. The lowest BCUT2D eigenvalue weighted by atomic mass is 10.2. The van der Waals surface area contributed by atoms with Crippen LogP contribution in [-0.2, 0) is 6.54 Å². The molecule has 0 saturated heterocycles. The minimum absolute atomic E-state index is 0.186. The predicted molar refractivity (Wildman–Crippen MR) is 83.8 cm³/mol. The number of nitrogens with one attached hydrogen (secondary N) is 2. The summed E-state index contributed by atoms with van der Waals surface area (Å²) in [4.78, 5) is 20.4. The van der Waals surface area contributed by atoms with E-state index in [1.54, 1.807) is 43.8 Å². The highest BCUT2D eigenvalue weighted by Gasteiger charge is 2.09. The number of ether oxygens (including phenoxy) is 1. The van der Waals surface area contributed by atoms with Gasteiger partial charge in [-0.05, 0) is 36.4 Å². The van der Waals surface area contributed by atoms with Crippen LogP contribution in [0.5, 0.6) is 5.75 Å². The standard InChI is InChI=1S/C16H15N5O2/c1-23-13-4-2-12(3-5-13)16(22)18-10-14-19-15(21-20-14)11-6-8-17-9-7-11/h2-9H,10H2,1H3,(H,18,22)(H,19,20,21). The van der Waals surface area contributed by atoms with Crippen molar-refractivity contribution >= 4 is 5.91 Å². The molecule has 0 saturated carbocycles. The van der Waals surface area contributed by atoms with Crippen LogP contribution in [0.1, 0.15) is 16.2 Å². The molecule has 0 aliphatic carbocycles. The molecule has 7 heteroatoms. The molecule has 2 heterocycles. The van der Waals surface area contributed by atoms with Crippen LogP contribution in [0.4, 0.5) is 0 Å². The van der Waals surface area contributed by atoms with E-state index in [4.69, 9.17) is 4.74 Å². The second-order valence-electron chi connectivity index (χ2n) is 4.75. The number of aromatic amines is 1. The van der Waals surface area contributed by atoms with E-state index >= 15 is 0 Å². The molecule has 0 bridgehead atoms. The van der Waals surface area contributed by atoms with Gasteiger partial charge in [-0.25, -0.2) is 4.98 Å². The average molecular weight is 309 g/mol. The van der Waals surface area contributed by atoms with Crippen LogP contribution in [0, 0.1) is 0 Å². The summed E-state index contributed by atoms with van der Waals surface area (Å²) >= 11 is 0. The largest absolute Gasteiger partial charge is 0.497 e. The lowest BCUT2D eigenvalue weighted by Gasteiger charge is -2.04. The molecule has 23 heavy (non-hydrogen) atoms. The first-order chi connectivity index (χ1) is 11.3. The molecular formula is C16H15N5O2. The fourth-order valence-corrected chi connectivity index (χ4v) is 2.01. The highest BCUT2D eigenvalue weighted by Crippen LogP contribution is 2.13. The number of nitrogens with zero attached hydrogens (tertiary/aromatic N) is 3. The summed E-state index contributed by atoms with van der Waals surface area (Å²) in [6.45, 7) is 0.267. The van der Waals surface area contributed by atoms with Gasteiger partial charge in [-0.15, -0.1) is 0 Å². The molecule has 2 N–H and O–H groups in total. The van der Waals surface area contributed by atoms with Crippen LogP contribution in [-0.4, -0.2) is 33.2 Å². The van der Waals surface area contributed by atoms with Gasteiger partial charge in [0, 0.05) is 23.5 Å². The van der Waals surface area contributed by atoms with E-state index in [-0.39, 0.29) is 12.5 Å². The van der Waals surface area contributed by atoms with Crippen molar-refractivity contribution in [1.29, 1.82) is 0 Å². The number of benzene rings is 1. The topological polar surface area (TPSA) is 92.8 Å². The number of pyridine rings is 1. The van der Waals surface area contributed by atoms with Crippen molar-refractivity contribution in [1.82, 2.24) is 25.5 Å². The van der Waals surface area contributed by atoms with E-state index in [0.29, 0.717) is 23.0 Å². The lowest BCUT2D eigenvalue weighted by molar-refractivity contribution is 0.0950. The van der Waals surface area contributed by atoms with Crippen molar-refractivity contribution in [3.05, 3.63) is 60.2 Å². The first kappa shape index (κ1) is 14.7. The zero-order chi connectivity index (χ0) is 16.1. The number of hydrogen-bond acceptors (Lipinski definition) is 5. The maximum atomic E-state index is 12.1. The normalized spacial score (nSPS) is 10.3. The van der Waals surface area contributed by atoms with E-state index in [2.05, 4.69) is 25.5 Å². The minimum atomic E-state index is -0.186. The number of carbonyl (C=O) groups is 1. The van der Waals surface area contributed by atoms with Crippen LogP contribution >= 0.6 is 0 Å². The summed E-state index contributed by atoms with van der Waals surface area (Å²) in [7, 11) is 1.58. The van der Waals surface area contributed by atoms with Crippen molar-refractivity contribution < 1.29 is 9.53 Å². The Morgan fingerprint density at radius 2 is 1.91 bits per heavy atom. The van der Waals surface area contributed by atoms with Crippen molar-refractivity contribution in [2.24, 2.45) is 0 Å². The van der Waals surface area contributed by atoms with E-state index in [1.807, 2.05) is 12.1 Å². The van der Waals surface area contributed by atoms with Gasteiger partial charge in [0.05, 0.1) is 13.7 Å². The molecule has 7 nitrogen and oxygen atoms in total. The number of rotatable bonds is 5. The van der Waals surface area contributed by atoms with Gasteiger partial charge in [-0.1, -0.05) is 0 Å². The molecule has 0 fully saturated rings. The quantitative estimate of drug-likeness (QED) is 0.749. The van der Waals surface area contributed by atoms with Crippen molar-refractivity contribution in [2.75, 3.05) is 7.11 Å². The fraction of sp³-hybridized carbons (Fsp3) is 0.125. The van der Waals surface area contributed by atoms with E-state index < -0.39 is 0 Å². The third kappa shape index (κ3) is 3.52. The Labute approximate surface area is 132 Å². The zero-order valence-electron chi connectivity index (χ0n) is 12.5. The lowest BCUT2D eigenvalue weighted by Crippen LogP contribution is -2.23. The predicted octanol–water partition coefficient (Wildman–Crippen LogP) is 1.81. The zero-order valence-corrected chi connectivity index (χ0v) is 12.5. The van der Waals surface area contributed by atoms with Gasteiger partial charge in [0.25, 0.3) is 5.91 Å². The molecule has 116 valence electrons. The molecular weight excluding hydrogens is 294 g/mol. The molecule has 3 aromatic rings. The van der Waals surface area contributed by atoms with Crippen LogP contribution in [0.25, 0.3) is 11.4 Å². The molecule has 2 aromatic heterocycles. The number of aromatic nitrogens is 4. The first-order valence-electron chi connectivity index (χ1n) is 7.00. The Morgan fingerprint density at radius 3 is 2.61 bits per heavy atom. The van der Waals surface area contributed by atoms with Gasteiger partial charge < -0.3 is 10.1 Å². The molecule has 0 aliphatic heterocycles. The summed E-state index contributed by atoms with van der Waals surface area (Å²) in [5.41, 5.74) is 1.42. The molecule has 1 amide bonds. The molecule has 3 rings (SSSR count).